The van der Waals surface area contributed by atoms with Crippen LogP contribution in [0.15, 0.2) is 48.5 Å². The zero-order chi connectivity index (χ0) is 22.0. The number of nitrogens with one attached hydrogen (secondary N) is 1. The van der Waals surface area contributed by atoms with Crippen LogP contribution in [0, 0.1) is 5.82 Å². The first-order chi connectivity index (χ1) is 14.8. The lowest BCUT2D eigenvalue weighted by Gasteiger charge is -2.47. The second kappa shape index (κ2) is 8.69. The molecule has 2 aromatic rings. The number of ether oxygens (including phenoxy) is 1. The summed E-state index contributed by atoms with van der Waals surface area (Å²) in [6.45, 7) is 5.01. The fourth-order valence-corrected chi connectivity index (χ4v) is 4.76. The number of rotatable bonds is 4. The van der Waals surface area contributed by atoms with E-state index in [9.17, 15) is 14.0 Å². The van der Waals surface area contributed by atoms with Gasteiger partial charge in [-0.25, -0.2) is 4.39 Å². The number of nitrogens with zero attached hydrogens (tertiary/aromatic N) is 1. The molecular weight excluding hydrogens is 395 g/mol. The molecule has 5 nitrogen and oxygen atoms in total. The molecule has 0 aliphatic carbocycles. The minimum Gasteiger partial charge on any atom is -0.487 e. The van der Waals surface area contributed by atoms with Gasteiger partial charge in [-0.2, -0.15) is 0 Å². The van der Waals surface area contributed by atoms with Crippen molar-refractivity contribution < 1.29 is 18.7 Å². The van der Waals surface area contributed by atoms with Gasteiger partial charge in [-0.15, -0.1) is 0 Å². The minimum absolute atomic E-state index is 0.0468. The molecule has 164 valence electrons. The number of hydrogen-bond acceptors (Lipinski definition) is 3. The average molecular weight is 425 g/mol. The van der Waals surface area contributed by atoms with Crippen molar-refractivity contribution >= 4 is 11.8 Å². The van der Waals surface area contributed by atoms with Crippen LogP contribution in [-0.4, -0.2) is 41.4 Å². The van der Waals surface area contributed by atoms with Crippen LogP contribution < -0.4 is 10.1 Å². The summed E-state index contributed by atoms with van der Waals surface area (Å²) in [7, 11) is 0. The maximum atomic E-state index is 13.5. The standard InChI is InChI=1S/C25H29FN2O3/c1-17(2)27-23(29)15-19-16-25(31-22-9-4-3-8-21(19)22)10-12-28(13-11-25)24(30)18-6-5-7-20(26)14-18/h3-9,14,17,19H,10-13,15-16H2,1-2H3,(H,27,29)/t19-/m0/s1. The average Bonchev–Trinajstić information content (AvgIpc) is 2.73. The van der Waals surface area contributed by atoms with Crippen LogP contribution in [0.1, 0.15) is 61.4 Å². The highest BCUT2D eigenvalue weighted by atomic mass is 19.1. The first-order valence-corrected chi connectivity index (χ1v) is 11.0. The zero-order valence-electron chi connectivity index (χ0n) is 18.1. The van der Waals surface area contributed by atoms with Gasteiger partial charge in [0.1, 0.15) is 17.2 Å². The van der Waals surface area contributed by atoms with Gasteiger partial charge in [0.05, 0.1) is 0 Å². The molecule has 6 heteroatoms. The topological polar surface area (TPSA) is 58.6 Å². The number of carbonyl (C=O) groups is 2. The lowest BCUT2D eigenvalue weighted by atomic mass is 9.76. The van der Waals surface area contributed by atoms with E-state index in [-0.39, 0.29) is 23.8 Å². The molecule has 1 saturated heterocycles. The summed E-state index contributed by atoms with van der Waals surface area (Å²) < 4.78 is 20.0. The molecular formula is C25H29FN2O3. The van der Waals surface area contributed by atoms with E-state index in [2.05, 4.69) is 5.32 Å². The number of benzene rings is 2. The van der Waals surface area contributed by atoms with Crippen LogP contribution in [0.4, 0.5) is 4.39 Å². The predicted octanol–water partition coefficient (Wildman–Crippen LogP) is 4.28. The summed E-state index contributed by atoms with van der Waals surface area (Å²) in [4.78, 5) is 27.1. The molecule has 1 atom stereocenters. The third-order valence-electron chi connectivity index (χ3n) is 6.22. The molecule has 2 aliphatic heterocycles. The fraction of sp³-hybridized carbons (Fsp3) is 0.440. The molecule has 2 aromatic carbocycles. The van der Waals surface area contributed by atoms with Gasteiger partial charge in [0.15, 0.2) is 0 Å². The Morgan fingerprint density at radius 2 is 1.90 bits per heavy atom. The SMILES string of the molecule is CC(C)NC(=O)C[C@H]1CC2(CCN(C(=O)c3cccc(F)c3)CC2)Oc2ccccc21. The van der Waals surface area contributed by atoms with Crippen LogP contribution in [0.2, 0.25) is 0 Å². The summed E-state index contributed by atoms with van der Waals surface area (Å²) in [5, 5.41) is 2.99. The number of hydrogen-bond donors (Lipinski definition) is 1. The van der Waals surface area contributed by atoms with E-state index in [1.165, 1.54) is 12.1 Å². The van der Waals surface area contributed by atoms with Gasteiger partial charge in [0.25, 0.3) is 5.91 Å². The largest absolute Gasteiger partial charge is 0.487 e. The molecule has 0 saturated carbocycles. The Kier molecular flexibility index (Phi) is 5.99. The lowest BCUT2D eigenvalue weighted by molar-refractivity contribution is -0.122. The zero-order valence-corrected chi connectivity index (χ0v) is 18.1. The predicted molar refractivity (Wildman–Crippen MR) is 117 cm³/mol. The fourth-order valence-electron chi connectivity index (χ4n) is 4.76. The van der Waals surface area contributed by atoms with Crippen molar-refractivity contribution in [1.82, 2.24) is 10.2 Å². The number of likely N-dealkylation sites (tertiary alicyclic amines) is 1. The number of para-hydroxylation sites is 1. The van der Waals surface area contributed by atoms with Gasteiger partial charge in [0, 0.05) is 49.9 Å². The second-order valence-corrected chi connectivity index (χ2v) is 8.95. The molecule has 2 heterocycles. The lowest BCUT2D eigenvalue weighted by Crippen LogP contribution is -2.52. The third-order valence-corrected chi connectivity index (χ3v) is 6.22. The monoisotopic (exact) mass is 424 g/mol. The van der Waals surface area contributed by atoms with E-state index in [0.29, 0.717) is 37.9 Å². The number of amides is 2. The maximum absolute atomic E-state index is 13.5. The van der Waals surface area contributed by atoms with Crippen LogP contribution in [-0.2, 0) is 4.79 Å². The molecule has 0 bridgehead atoms. The number of halogens is 1. The molecule has 1 spiro atoms. The summed E-state index contributed by atoms with van der Waals surface area (Å²) in [5.74, 6) is 0.397. The Morgan fingerprint density at radius 1 is 1.16 bits per heavy atom. The van der Waals surface area contributed by atoms with Gasteiger partial charge in [0.2, 0.25) is 5.91 Å². The Balaban J connectivity index is 1.48. The summed E-state index contributed by atoms with van der Waals surface area (Å²) in [6.07, 6.45) is 2.54. The maximum Gasteiger partial charge on any atom is 0.253 e. The van der Waals surface area contributed by atoms with Crippen LogP contribution in [0.5, 0.6) is 5.75 Å². The highest BCUT2D eigenvalue weighted by Crippen LogP contribution is 2.46. The molecule has 1 fully saturated rings. The third kappa shape index (κ3) is 4.73. The van der Waals surface area contributed by atoms with Gasteiger partial charge in [-0.3, -0.25) is 9.59 Å². The first kappa shape index (κ1) is 21.3. The van der Waals surface area contributed by atoms with Crippen molar-refractivity contribution in [3.63, 3.8) is 0 Å². The molecule has 31 heavy (non-hydrogen) atoms. The van der Waals surface area contributed by atoms with Crippen molar-refractivity contribution in [3.8, 4) is 5.75 Å². The second-order valence-electron chi connectivity index (χ2n) is 8.95. The van der Waals surface area contributed by atoms with Crippen molar-refractivity contribution in [2.75, 3.05) is 13.1 Å². The van der Waals surface area contributed by atoms with Crippen LogP contribution in [0.25, 0.3) is 0 Å². The quantitative estimate of drug-likeness (QED) is 0.797. The highest BCUT2D eigenvalue weighted by molar-refractivity contribution is 5.94. The minimum atomic E-state index is -0.408. The number of fused-ring (bicyclic) bond motifs is 1. The molecule has 0 radical (unpaired) electrons. The number of carbonyl (C=O) groups excluding carboxylic acids is 2. The Labute approximate surface area is 182 Å². The van der Waals surface area contributed by atoms with E-state index in [4.69, 9.17) is 4.74 Å². The van der Waals surface area contributed by atoms with Crippen molar-refractivity contribution in [2.24, 2.45) is 0 Å². The normalized spacial score (nSPS) is 19.6. The Bertz CT molecular complexity index is 967. The molecule has 0 aromatic heterocycles. The van der Waals surface area contributed by atoms with Gasteiger partial charge in [-0.1, -0.05) is 24.3 Å². The molecule has 2 aliphatic rings. The van der Waals surface area contributed by atoms with E-state index in [1.807, 2.05) is 38.1 Å². The first-order valence-electron chi connectivity index (χ1n) is 11.0. The Morgan fingerprint density at radius 3 is 2.61 bits per heavy atom. The highest BCUT2D eigenvalue weighted by Gasteiger charge is 2.44. The van der Waals surface area contributed by atoms with Gasteiger partial charge in [-0.05, 0) is 50.1 Å². The summed E-state index contributed by atoms with van der Waals surface area (Å²) in [5.41, 5.74) is 1.05. The number of piperidine rings is 1. The van der Waals surface area contributed by atoms with Crippen molar-refractivity contribution in [2.45, 2.75) is 57.1 Å². The van der Waals surface area contributed by atoms with E-state index >= 15 is 0 Å². The van der Waals surface area contributed by atoms with Crippen LogP contribution in [0.3, 0.4) is 0 Å². The summed E-state index contributed by atoms with van der Waals surface area (Å²) in [6, 6.07) is 13.9. The molecule has 0 unspecified atom stereocenters. The van der Waals surface area contributed by atoms with Crippen molar-refractivity contribution in [1.29, 1.82) is 0 Å². The van der Waals surface area contributed by atoms with Gasteiger partial charge < -0.3 is 15.0 Å². The van der Waals surface area contributed by atoms with E-state index in [0.717, 1.165) is 17.7 Å². The van der Waals surface area contributed by atoms with Gasteiger partial charge >= 0.3 is 0 Å². The molecule has 2 amide bonds. The molecule has 1 N–H and O–H groups in total. The smallest absolute Gasteiger partial charge is 0.253 e. The van der Waals surface area contributed by atoms with Crippen molar-refractivity contribution in [3.05, 3.63) is 65.5 Å². The molecule has 4 rings (SSSR count). The van der Waals surface area contributed by atoms with Crippen LogP contribution >= 0.6 is 0 Å². The van der Waals surface area contributed by atoms with E-state index < -0.39 is 11.4 Å². The summed E-state index contributed by atoms with van der Waals surface area (Å²) >= 11 is 0. The van der Waals surface area contributed by atoms with E-state index in [1.54, 1.807) is 17.0 Å². The Hall–Kier alpha value is -2.89.